The maximum absolute atomic E-state index is 12.2. The van der Waals surface area contributed by atoms with Gasteiger partial charge in [0.15, 0.2) is 0 Å². The first kappa shape index (κ1) is 15.9. The molecule has 0 amide bonds. The summed E-state index contributed by atoms with van der Waals surface area (Å²) in [5, 5.41) is 8.86. The lowest BCUT2D eigenvalue weighted by molar-refractivity contribution is -0.0120. The Kier molecular flexibility index (Phi) is 5.16. The van der Waals surface area contributed by atoms with Crippen molar-refractivity contribution in [2.24, 2.45) is 0 Å². The number of rotatable bonds is 7. The van der Waals surface area contributed by atoms with E-state index in [0.29, 0.717) is 26.1 Å². The number of ether oxygens (including phenoxy) is 2. The zero-order valence-electron chi connectivity index (χ0n) is 11.3. The van der Waals surface area contributed by atoms with Crippen LogP contribution < -0.4 is 4.72 Å². The average molecular weight is 321 g/mol. The number of nitrogens with one attached hydrogen (secondary N) is 1. The molecule has 0 aromatic carbocycles. The molecule has 1 aliphatic rings. The van der Waals surface area contributed by atoms with Crippen LogP contribution in [0.1, 0.15) is 11.3 Å². The van der Waals surface area contributed by atoms with Gasteiger partial charge in [-0.05, 0) is 12.1 Å². The molecule has 2 heterocycles. The molecule has 1 aliphatic heterocycles. The number of hydrogen-bond donors (Lipinski definition) is 2. The van der Waals surface area contributed by atoms with Crippen LogP contribution in [0.3, 0.4) is 0 Å². The minimum absolute atomic E-state index is 0.0115. The maximum Gasteiger partial charge on any atom is 0.250 e. The highest BCUT2D eigenvalue weighted by Crippen LogP contribution is 2.25. The van der Waals surface area contributed by atoms with Gasteiger partial charge in [0.25, 0.3) is 0 Å². The summed E-state index contributed by atoms with van der Waals surface area (Å²) < 4.78 is 37.9. The first-order valence-electron chi connectivity index (χ1n) is 6.33. The van der Waals surface area contributed by atoms with Gasteiger partial charge in [-0.25, -0.2) is 13.1 Å². The highest BCUT2D eigenvalue weighted by atomic mass is 32.2. The summed E-state index contributed by atoms with van der Waals surface area (Å²) in [5.41, 5.74) is -0.571. The topological polar surface area (TPSA) is 84.9 Å². The van der Waals surface area contributed by atoms with E-state index in [2.05, 4.69) is 4.72 Å². The second-order valence-electron chi connectivity index (χ2n) is 4.71. The molecule has 1 atom stereocenters. The van der Waals surface area contributed by atoms with E-state index in [0.717, 1.165) is 4.88 Å². The lowest BCUT2D eigenvalue weighted by Crippen LogP contribution is -2.44. The Balaban J connectivity index is 2.03. The lowest BCUT2D eigenvalue weighted by Gasteiger charge is -2.25. The number of methoxy groups -OCH3 is 1. The normalized spacial score (nSPS) is 23.3. The van der Waals surface area contributed by atoms with E-state index in [1.807, 2.05) is 0 Å². The van der Waals surface area contributed by atoms with Crippen molar-refractivity contribution in [1.29, 1.82) is 0 Å². The van der Waals surface area contributed by atoms with E-state index in [9.17, 15) is 8.42 Å². The third-order valence-corrected chi connectivity index (χ3v) is 6.38. The van der Waals surface area contributed by atoms with Crippen LogP contribution in [0, 0.1) is 0 Å². The fraction of sp³-hybridized carbons (Fsp3) is 0.667. The van der Waals surface area contributed by atoms with Crippen LogP contribution in [0.5, 0.6) is 0 Å². The summed E-state index contributed by atoms with van der Waals surface area (Å²) in [4.78, 5) is 0.846. The van der Waals surface area contributed by atoms with E-state index >= 15 is 0 Å². The molecule has 1 aromatic heterocycles. The Bertz CT molecular complexity index is 534. The monoisotopic (exact) mass is 321 g/mol. The Morgan fingerprint density at radius 3 is 2.95 bits per heavy atom. The third-order valence-electron chi connectivity index (χ3n) is 3.34. The fourth-order valence-electron chi connectivity index (χ4n) is 2.01. The molecule has 1 aromatic rings. The highest BCUT2D eigenvalue weighted by Gasteiger charge is 2.36. The molecule has 0 spiro atoms. The van der Waals surface area contributed by atoms with Gasteiger partial charge in [-0.15, -0.1) is 11.3 Å². The summed E-state index contributed by atoms with van der Waals surface area (Å²) in [6, 6.07) is 3.28. The SMILES string of the molecule is COC1(CNS(=O)(=O)c2ccc(CCO)s2)CCOC1. The molecule has 20 heavy (non-hydrogen) atoms. The van der Waals surface area contributed by atoms with Crippen LogP contribution in [-0.4, -0.2) is 52.6 Å². The van der Waals surface area contributed by atoms with Crippen molar-refractivity contribution < 1.29 is 23.0 Å². The first-order chi connectivity index (χ1) is 9.51. The van der Waals surface area contributed by atoms with Gasteiger partial charge in [-0.3, -0.25) is 0 Å². The van der Waals surface area contributed by atoms with E-state index in [1.54, 1.807) is 19.2 Å². The standard InChI is InChI=1S/C12H19NO5S2/c1-17-12(5-7-18-9-12)8-13-20(15,16)11-3-2-10(19-11)4-6-14/h2-3,13-14H,4-9H2,1H3. The molecule has 2 N–H and O–H groups in total. The van der Waals surface area contributed by atoms with Crippen molar-refractivity contribution in [3.63, 3.8) is 0 Å². The van der Waals surface area contributed by atoms with Crippen LogP contribution in [-0.2, 0) is 25.9 Å². The molecule has 0 aliphatic carbocycles. The van der Waals surface area contributed by atoms with E-state index in [4.69, 9.17) is 14.6 Å². The van der Waals surface area contributed by atoms with Gasteiger partial charge in [0.2, 0.25) is 10.0 Å². The smallest absolute Gasteiger partial charge is 0.250 e. The lowest BCUT2D eigenvalue weighted by atomic mass is 10.0. The molecule has 2 rings (SSSR count). The fourth-order valence-corrected chi connectivity index (χ4v) is 4.51. The Morgan fingerprint density at radius 1 is 1.55 bits per heavy atom. The molecule has 1 saturated heterocycles. The second kappa shape index (κ2) is 6.50. The molecule has 8 heteroatoms. The molecule has 0 saturated carbocycles. The summed E-state index contributed by atoms with van der Waals surface area (Å²) in [5.74, 6) is 0. The van der Waals surface area contributed by atoms with Gasteiger partial charge in [0.1, 0.15) is 9.81 Å². The second-order valence-corrected chi connectivity index (χ2v) is 7.87. The number of thiophene rings is 1. The Labute approximate surface area is 122 Å². The predicted octanol–water partition coefficient (Wildman–Crippen LogP) is 0.367. The minimum Gasteiger partial charge on any atom is -0.396 e. The van der Waals surface area contributed by atoms with Crippen LogP contribution in [0.2, 0.25) is 0 Å². The molecular weight excluding hydrogens is 302 g/mol. The number of aliphatic hydroxyl groups excluding tert-OH is 1. The minimum atomic E-state index is -3.54. The van der Waals surface area contributed by atoms with Gasteiger partial charge in [0, 0.05) is 44.6 Å². The Morgan fingerprint density at radius 2 is 2.35 bits per heavy atom. The zero-order chi connectivity index (χ0) is 14.6. The summed E-state index contributed by atoms with van der Waals surface area (Å²) in [7, 11) is -1.98. The molecular formula is C12H19NO5S2. The molecule has 114 valence electrons. The first-order valence-corrected chi connectivity index (χ1v) is 8.63. The van der Waals surface area contributed by atoms with Gasteiger partial charge >= 0.3 is 0 Å². The van der Waals surface area contributed by atoms with Gasteiger partial charge < -0.3 is 14.6 Å². The molecule has 0 radical (unpaired) electrons. The van der Waals surface area contributed by atoms with Crippen molar-refractivity contribution in [2.75, 3.05) is 33.5 Å². The largest absolute Gasteiger partial charge is 0.396 e. The predicted molar refractivity (Wildman–Crippen MR) is 75.5 cm³/mol. The zero-order valence-corrected chi connectivity index (χ0v) is 12.9. The summed E-state index contributed by atoms with van der Waals surface area (Å²) in [6.07, 6.45) is 1.14. The maximum atomic E-state index is 12.2. The van der Waals surface area contributed by atoms with Crippen molar-refractivity contribution in [3.05, 3.63) is 17.0 Å². The van der Waals surface area contributed by atoms with E-state index < -0.39 is 15.6 Å². The van der Waals surface area contributed by atoms with Crippen LogP contribution in [0.4, 0.5) is 0 Å². The molecule has 0 bridgehead atoms. The van der Waals surface area contributed by atoms with E-state index in [-0.39, 0.29) is 17.4 Å². The quantitative estimate of drug-likeness (QED) is 0.758. The number of aliphatic hydroxyl groups is 1. The van der Waals surface area contributed by atoms with Crippen molar-refractivity contribution in [1.82, 2.24) is 4.72 Å². The third kappa shape index (κ3) is 3.57. The Hall–Kier alpha value is -0.510. The van der Waals surface area contributed by atoms with Crippen molar-refractivity contribution >= 4 is 21.4 Å². The number of hydrogen-bond acceptors (Lipinski definition) is 6. The van der Waals surface area contributed by atoms with Crippen LogP contribution in [0.15, 0.2) is 16.3 Å². The van der Waals surface area contributed by atoms with E-state index in [1.165, 1.54) is 11.3 Å². The van der Waals surface area contributed by atoms with Crippen molar-refractivity contribution in [2.45, 2.75) is 22.7 Å². The molecule has 6 nitrogen and oxygen atoms in total. The van der Waals surface area contributed by atoms with Crippen LogP contribution in [0.25, 0.3) is 0 Å². The summed E-state index contributed by atoms with van der Waals surface area (Å²) >= 11 is 1.17. The van der Waals surface area contributed by atoms with Crippen LogP contribution >= 0.6 is 11.3 Å². The molecule has 1 fully saturated rings. The average Bonchev–Trinajstić information content (AvgIpc) is 3.07. The van der Waals surface area contributed by atoms with Crippen molar-refractivity contribution in [3.8, 4) is 0 Å². The summed E-state index contributed by atoms with van der Waals surface area (Å²) in [6.45, 7) is 1.18. The highest BCUT2D eigenvalue weighted by molar-refractivity contribution is 7.91. The number of sulfonamides is 1. The van der Waals surface area contributed by atoms with Gasteiger partial charge in [-0.2, -0.15) is 0 Å². The van der Waals surface area contributed by atoms with Gasteiger partial charge in [-0.1, -0.05) is 0 Å². The van der Waals surface area contributed by atoms with Gasteiger partial charge in [0.05, 0.1) is 6.61 Å². The molecule has 1 unspecified atom stereocenters.